The van der Waals surface area contributed by atoms with Crippen molar-refractivity contribution in [2.45, 2.75) is 10.8 Å². The molecular formula is C52H32N16Pt2+4. The Hall–Kier alpha value is -8.24. The van der Waals surface area contributed by atoms with E-state index in [9.17, 15) is 0 Å². The van der Waals surface area contributed by atoms with Crippen LogP contribution in [0.25, 0.3) is 22.3 Å². The summed E-state index contributed by atoms with van der Waals surface area (Å²) in [6.45, 7) is 0. The van der Waals surface area contributed by atoms with Crippen molar-refractivity contribution < 1.29 is 51.3 Å². The molecule has 2 aliphatic heterocycles. The van der Waals surface area contributed by atoms with Crippen molar-refractivity contribution in [1.29, 1.82) is 0 Å². The van der Waals surface area contributed by atoms with E-state index in [4.69, 9.17) is 19.9 Å². The van der Waals surface area contributed by atoms with Crippen LogP contribution in [0.15, 0.2) is 159 Å². The Bertz CT molecular complexity index is 3500. The second-order valence-electron chi connectivity index (χ2n) is 16.2. The number of pyridine rings is 4. The molecule has 10 heterocycles. The van der Waals surface area contributed by atoms with Gasteiger partial charge in [-0.25, -0.2) is 0 Å². The summed E-state index contributed by atoms with van der Waals surface area (Å²) in [5, 5.41) is 17.3. The second-order valence-corrected chi connectivity index (χ2v) is 16.2. The Balaban J connectivity index is 0.000000148. The van der Waals surface area contributed by atoms with Crippen LogP contribution in [0.2, 0.25) is 0 Å². The van der Waals surface area contributed by atoms with Crippen molar-refractivity contribution in [1.82, 2.24) is 69.4 Å². The molecule has 70 heavy (non-hydrogen) atoms. The van der Waals surface area contributed by atoms with Gasteiger partial charge in [-0.15, -0.1) is 53.7 Å². The molecule has 0 atom stereocenters. The standard InChI is InChI=1S/2C26H16N8.2Pt/c2*1-33-16-34(25-24(33)29-13-14-30-25)18-6-2-5-17(15-18)26(21-9-12-31-32-21)22-19(7-3-10-27-22)20-8-4-11-28-23(20)26;;/h2*2-14H,1H3;;/q;;2*+2. The minimum atomic E-state index is -0.851. The van der Waals surface area contributed by atoms with Crippen LogP contribution >= 0.6 is 0 Å². The SMILES string of the molecule is C[N+]1=C=[N+](c2[c-]c(C3(c4cc[n-]n4)c4ncccc4-c4cccnc43)ccc2)c2nccnc21.C[N+]1=C=[N+](c2[c-]c(C3(c4cc[n-]n4)c4ncccc4-c4cccnc43)ccc2)c2nccnc21.[Pt+2].[Pt+2]. The quantitative estimate of drug-likeness (QED) is 0.138. The maximum absolute atomic E-state index is 4.85. The largest absolute Gasteiger partial charge is 2.00 e. The topological polar surface area (TPSA) is 169 Å². The van der Waals surface area contributed by atoms with Crippen LogP contribution in [0, 0.1) is 12.1 Å². The fourth-order valence-corrected chi connectivity index (χ4v) is 9.92. The molecule has 0 amide bonds. The van der Waals surface area contributed by atoms with Crippen LogP contribution < -0.4 is 19.3 Å². The van der Waals surface area contributed by atoms with Gasteiger partial charge in [0.25, 0.3) is 0 Å². The fraction of sp³-hybridized carbons (Fsp3) is 0.0769. The van der Waals surface area contributed by atoms with Gasteiger partial charge < -0.3 is 20.4 Å². The van der Waals surface area contributed by atoms with Gasteiger partial charge in [-0.1, -0.05) is 36.4 Å². The zero-order chi connectivity index (χ0) is 45.4. The first-order chi connectivity index (χ1) is 33.6. The molecule has 2 aromatic carbocycles. The third-order valence-corrected chi connectivity index (χ3v) is 12.7. The van der Waals surface area contributed by atoms with Crippen LogP contribution in [-0.2, 0) is 53.0 Å². The van der Waals surface area contributed by atoms with E-state index in [1.807, 2.05) is 130 Å². The van der Waals surface area contributed by atoms with Crippen LogP contribution in [0.3, 0.4) is 0 Å². The average Bonchev–Trinajstić information content (AvgIpc) is 4.28. The monoisotopic (exact) mass is 1270 g/mol. The molecule has 0 saturated heterocycles. The Labute approximate surface area is 428 Å². The number of benzene rings is 2. The van der Waals surface area contributed by atoms with Crippen molar-refractivity contribution in [3.63, 3.8) is 0 Å². The Morgan fingerprint density at radius 1 is 0.414 bits per heavy atom. The van der Waals surface area contributed by atoms with Gasteiger partial charge in [0.15, 0.2) is 12.4 Å². The summed E-state index contributed by atoms with van der Waals surface area (Å²) >= 11 is 0. The van der Waals surface area contributed by atoms with Gasteiger partial charge in [0.1, 0.15) is 14.1 Å². The minimum Gasteiger partial charge on any atom is -0.581 e. The Kier molecular flexibility index (Phi) is 11.0. The molecule has 0 radical (unpaired) electrons. The zero-order valence-corrected chi connectivity index (χ0v) is 41.3. The molecule has 0 unspecified atom stereocenters. The number of fused-ring (bicyclic) bond motifs is 8. The number of aromatic nitrogens is 12. The van der Waals surface area contributed by atoms with E-state index in [2.05, 4.69) is 88.7 Å². The molecule has 14 rings (SSSR count). The number of hydrogen-bond acceptors (Lipinski definition) is 10. The third kappa shape index (κ3) is 6.38. The molecule has 10 aromatic rings. The maximum atomic E-state index is 4.85. The molecular weight excluding hydrogens is 1240 g/mol. The third-order valence-electron chi connectivity index (χ3n) is 12.7. The Morgan fingerprint density at radius 2 is 0.771 bits per heavy atom. The van der Waals surface area contributed by atoms with Gasteiger partial charge in [0.05, 0.1) is 57.4 Å². The second kappa shape index (κ2) is 17.4. The molecule has 0 spiro atoms. The van der Waals surface area contributed by atoms with E-state index in [1.165, 1.54) is 0 Å². The van der Waals surface area contributed by atoms with Crippen LogP contribution in [0.1, 0.15) is 45.3 Å². The molecule has 0 bridgehead atoms. The van der Waals surface area contributed by atoms with Gasteiger partial charge >= 0.3 is 77.4 Å². The van der Waals surface area contributed by atoms with E-state index >= 15 is 0 Å². The van der Waals surface area contributed by atoms with Gasteiger partial charge in [0.2, 0.25) is 0 Å². The Morgan fingerprint density at radius 3 is 1.11 bits per heavy atom. The van der Waals surface area contributed by atoms with E-state index in [1.54, 1.807) is 37.2 Å². The summed E-state index contributed by atoms with van der Waals surface area (Å²) < 4.78 is 7.38. The summed E-state index contributed by atoms with van der Waals surface area (Å²) in [6.07, 6.45) is 17.3. The van der Waals surface area contributed by atoms with Gasteiger partial charge in [-0.2, -0.15) is 46.6 Å². The molecule has 0 N–H and O–H groups in total. The summed E-state index contributed by atoms with van der Waals surface area (Å²) in [4.78, 5) is 37.3. The van der Waals surface area contributed by atoms with E-state index in [0.717, 1.165) is 90.6 Å². The van der Waals surface area contributed by atoms with Crippen molar-refractivity contribution in [3.05, 3.63) is 216 Å². The molecule has 4 aliphatic rings. The van der Waals surface area contributed by atoms with Gasteiger partial charge in [-0.05, 0) is 24.3 Å². The normalized spacial score (nSPS) is 14.3. The van der Waals surface area contributed by atoms with Crippen LogP contribution in [-0.4, -0.2) is 85.3 Å². The average molecular weight is 1270 g/mol. The molecule has 18 heteroatoms. The van der Waals surface area contributed by atoms with E-state index in [0.29, 0.717) is 11.6 Å². The smallest absolute Gasteiger partial charge is 0.581 e. The molecule has 8 aromatic heterocycles. The van der Waals surface area contributed by atoms with Crippen molar-refractivity contribution in [2.24, 2.45) is 0 Å². The fourth-order valence-electron chi connectivity index (χ4n) is 9.92. The van der Waals surface area contributed by atoms with Crippen LogP contribution in [0.5, 0.6) is 0 Å². The van der Waals surface area contributed by atoms with Crippen LogP contribution in [0.4, 0.5) is 34.6 Å². The first kappa shape index (κ1) is 44.3. The predicted molar refractivity (Wildman–Crippen MR) is 247 cm³/mol. The summed E-state index contributed by atoms with van der Waals surface area (Å²) in [5.74, 6) is 2.86. The number of rotatable bonds is 6. The minimum absolute atomic E-state index is 0. The predicted octanol–water partition coefficient (Wildman–Crippen LogP) is 6.15. The summed E-state index contributed by atoms with van der Waals surface area (Å²) in [7, 11) is 3.80. The summed E-state index contributed by atoms with van der Waals surface area (Å²) in [6, 6.07) is 45.8. The van der Waals surface area contributed by atoms with Crippen molar-refractivity contribution in [2.75, 3.05) is 14.1 Å². The molecule has 336 valence electrons. The van der Waals surface area contributed by atoms with E-state index < -0.39 is 10.8 Å². The summed E-state index contributed by atoms with van der Waals surface area (Å²) in [5.41, 5.74) is 10.7. The molecule has 0 fully saturated rings. The number of hydrogen-bond donors (Lipinski definition) is 0. The number of nitrogens with zero attached hydrogens (tertiary/aromatic N) is 16. The van der Waals surface area contributed by atoms with Crippen molar-refractivity contribution >= 4 is 46.7 Å². The zero-order valence-electron chi connectivity index (χ0n) is 36.8. The van der Waals surface area contributed by atoms with Crippen molar-refractivity contribution in [3.8, 4) is 22.3 Å². The first-order valence-electron chi connectivity index (χ1n) is 21.6. The molecule has 2 aliphatic carbocycles. The maximum Gasteiger partial charge on any atom is 2.00 e. The molecule has 0 saturated carbocycles. The first-order valence-corrected chi connectivity index (χ1v) is 21.6. The van der Waals surface area contributed by atoms with Gasteiger partial charge in [0, 0.05) is 68.4 Å². The van der Waals surface area contributed by atoms with E-state index in [-0.39, 0.29) is 42.1 Å². The van der Waals surface area contributed by atoms with Gasteiger partial charge in [-0.3, -0.25) is 19.9 Å². The molecule has 16 nitrogen and oxygen atoms in total.